The van der Waals surface area contributed by atoms with Gasteiger partial charge in [-0.15, -0.1) is 0 Å². The maximum atomic E-state index is 11.9. The van der Waals surface area contributed by atoms with Gasteiger partial charge in [-0.1, -0.05) is 6.42 Å². The van der Waals surface area contributed by atoms with Crippen molar-refractivity contribution in [3.63, 3.8) is 0 Å². The van der Waals surface area contributed by atoms with Crippen LogP contribution in [0.25, 0.3) is 0 Å². The number of amides is 2. The third-order valence-electron chi connectivity index (χ3n) is 2.70. The third kappa shape index (κ3) is 4.18. The van der Waals surface area contributed by atoms with Crippen LogP contribution in [0.15, 0.2) is 0 Å². The van der Waals surface area contributed by atoms with Gasteiger partial charge in [-0.25, -0.2) is 0 Å². The molecule has 0 radical (unpaired) electrons. The van der Waals surface area contributed by atoms with Crippen molar-refractivity contribution in [2.45, 2.75) is 51.1 Å². The van der Waals surface area contributed by atoms with Crippen molar-refractivity contribution >= 4 is 11.8 Å². The normalized spacial score (nSPS) is 21.5. The zero-order chi connectivity index (χ0) is 12.2. The zero-order valence-electron chi connectivity index (χ0n) is 10.0. The van der Waals surface area contributed by atoms with Crippen LogP contribution in [0.3, 0.4) is 0 Å². The van der Waals surface area contributed by atoms with E-state index >= 15 is 0 Å². The number of rotatable bonds is 4. The van der Waals surface area contributed by atoms with Crippen LogP contribution in [0.1, 0.15) is 39.5 Å². The molecule has 0 aromatic carbocycles. The second kappa shape index (κ2) is 5.30. The van der Waals surface area contributed by atoms with Gasteiger partial charge in [0.2, 0.25) is 11.8 Å². The fraction of sp³-hybridized carbons (Fsp3) is 0.818. The standard InChI is InChI=1S/C11H21N3O2/c1-11(2,7-9(12)15)14-10(16)8-5-3-4-6-13-8/h8,13H,3-7H2,1-2H3,(H2,12,15)(H,14,16)/t8-/m0/s1. The zero-order valence-corrected chi connectivity index (χ0v) is 10.0. The molecular formula is C11H21N3O2. The smallest absolute Gasteiger partial charge is 0.237 e. The highest BCUT2D eigenvalue weighted by Gasteiger charge is 2.27. The molecule has 0 aromatic heterocycles. The molecule has 16 heavy (non-hydrogen) atoms. The van der Waals surface area contributed by atoms with E-state index in [0.717, 1.165) is 25.8 Å². The summed E-state index contributed by atoms with van der Waals surface area (Å²) in [5, 5.41) is 6.02. The molecule has 0 aromatic rings. The number of primary amides is 1. The molecule has 4 N–H and O–H groups in total. The van der Waals surface area contributed by atoms with Crippen molar-refractivity contribution in [2.24, 2.45) is 5.73 Å². The van der Waals surface area contributed by atoms with Crippen LogP contribution in [0, 0.1) is 0 Å². The molecule has 1 saturated heterocycles. The monoisotopic (exact) mass is 227 g/mol. The van der Waals surface area contributed by atoms with Crippen molar-refractivity contribution in [1.29, 1.82) is 0 Å². The van der Waals surface area contributed by atoms with Gasteiger partial charge in [0.05, 0.1) is 6.04 Å². The maximum Gasteiger partial charge on any atom is 0.237 e. The fourth-order valence-electron chi connectivity index (χ4n) is 1.98. The lowest BCUT2D eigenvalue weighted by Crippen LogP contribution is -2.54. The minimum atomic E-state index is -0.567. The summed E-state index contributed by atoms with van der Waals surface area (Å²) in [6, 6.07) is -0.124. The van der Waals surface area contributed by atoms with Crippen LogP contribution in [0.4, 0.5) is 0 Å². The number of hydrogen-bond acceptors (Lipinski definition) is 3. The summed E-state index contributed by atoms with van der Waals surface area (Å²) in [7, 11) is 0. The number of nitrogens with two attached hydrogens (primary N) is 1. The van der Waals surface area contributed by atoms with Gasteiger partial charge in [0, 0.05) is 12.0 Å². The predicted molar refractivity (Wildman–Crippen MR) is 61.7 cm³/mol. The Balaban J connectivity index is 2.45. The molecule has 1 atom stereocenters. The van der Waals surface area contributed by atoms with Gasteiger partial charge in [0.1, 0.15) is 0 Å². The Morgan fingerprint density at radius 1 is 1.44 bits per heavy atom. The number of nitrogens with one attached hydrogen (secondary N) is 2. The summed E-state index contributed by atoms with van der Waals surface area (Å²) in [4.78, 5) is 22.7. The highest BCUT2D eigenvalue weighted by atomic mass is 16.2. The Labute approximate surface area is 96.1 Å². The lowest BCUT2D eigenvalue weighted by molar-refractivity contribution is -0.126. The Bertz CT molecular complexity index is 270. The van der Waals surface area contributed by atoms with E-state index in [4.69, 9.17) is 5.73 Å². The molecule has 5 nitrogen and oxygen atoms in total. The Hall–Kier alpha value is -1.10. The minimum Gasteiger partial charge on any atom is -0.370 e. The topological polar surface area (TPSA) is 84.2 Å². The van der Waals surface area contributed by atoms with Crippen molar-refractivity contribution in [2.75, 3.05) is 6.54 Å². The number of carbonyl (C=O) groups is 2. The summed E-state index contributed by atoms with van der Waals surface area (Å²) >= 11 is 0. The molecule has 0 aliphatic carbocycles. The highest BCUT2D eigenvalue weighted by molar-refractivity contribution is 5.83. The van der Waals surface area contributed by atoms with Gasteiger partial charge >= 0.3 is 0 Å². The highest BCUT2D eigenvalue weighted by Crippen LogP contribution is 2.11. The Morgan fingerprint density at radius 2 is 2.12 bits per heavy atom. The summed E-state index contributed by atoms with van der Waals surface area (Å²) in [6.07, 6.45) is 3.21. The third-order valence-corrected chi connectivity index (χ3v) is 2.70. The van der Waals surface area contributed by atoms with Crippen LogP contribution in [-0.2, 0) is 9.59 Å². The van der Waals surface area contributed by atoms with E-state index in [2.05, 4.69) is 10.6 Å². The van der Waals surface area contributed by atoms with Gasteiger partial charge in [0.15, 0.2) is 0 Å². The number of hydrogen-bond donors (Lipinski definition) is 3. The van der Waals surface area contributed by atoms with E-state index in [1.807, 2.05) is 0 Å². The molecule has 5 heteroatoms. The van der Waals surface area contributed by atoms with Gasteiger partial charge in [-0.2, -0.15) is 0 Å². The lowest BCUT2D eigenvalue weighted by atomic mass is 9.98. The first-order chi connectivity index (χ1) is 7.41. The second-order valence-corrected chi connectivity index (χ2v) is 5.02. The Kier molecular flexibility index (Phi) is 4.29. The molecule has 1 aliphatic heterocycles. The van der Waals surface area contributed by atoms with Gasteiger partial charge < -0.3 is 16.4 Å². The maximum absolute atomic E-state index is 11.9. The summed E-state index contributed by atoms with van der Waals surface area (Å²) in [5.74, 6) is -0.437. The molecule has 92 valence electrons. The predicted octanol–water partition coefficient (Wildman–Crippen LogP) is -0.101. The molecule has 0 saturated carbocycles. The molecule has 0 spiro atoms. The molecule has 0 unspecified atom stereocenters. The van der Waals surface area contributed by atoms with Crippen LogP contribution in [-0.4, -0.2) is 29.9 Å². The van der Waals surface area contributed by atoms with Crippen molar-refractivity contribution in [1.82, 2.24) is 10.6 Å². The van der Waals surface area contributed by atoms with Crippen LogP contribution < -0.4 is 16.4 Å². The van der Waals surface area contributed by atoms with E-state index in [1.165, 1.54) is 0 Å². The van der Waals surface area contributed by atoms with Crippen LogP contribution >= 0.6 is 0 Å². The van der Waals surface area contributed by atoms with E-state index in [-0.39, 0.29) is 18.4 Å². The van der Waals surface area contributed by atoms with E-state index < -0.39 is 11.4 Å². The quantitative estimate of drug-likeness (QED) is 0.627. The second-order valence-electron chi connectivity index (χ2n) is 5.02. The average molecular weight is 227 g/mol. The van der Waals surface area contributed by atoms with E-state index in [9.17, 15) is 9.59 Å². The van der Waals surface area contributed by atoms with E-state index in [1.54, 1.807) is 13.8 Å². The van der Waals surface area contributed by atoms with Gasteiger partial charge in [-0.05, 0) is 33.2 Å². The van der Waals surface area contributed by atoms with Crippen LogP contribution in [0.5, 0.6) is 0 Å². The molecule has 1 aliphatic rings. The molecule has 1 rings (SSSR count). The molecule has 2 amide bonds. The average Bonchev–Trinajstić information content (AvgIpc) is 2.16. The van der Waals surface area contributed by atoms with Gasteiger partial charge in [-0.3, -0.25) is 9.59 Å². The van der Waals surface area contributed by atoms with Crippen molar-refractivity contribution < 1.29 is 9.59 Å². The largest absolute Gasteiger partial charge is 0.370 e. The van der Waals surface area contributed by atoms with Crippen LogP contribution in [0.2, 0.25) is 0 Å². The first-order valence-electron chi connectivity index (χ1n) is 5.74. The van der Waals surface area contributed by atoms with Crippen molar-refractivity contribution in [3.05, 3.63) is 0 Å². The first-order valence-corrected chi connectivity index (χ1v) is 5.74. The number of piperidine rings is 1. The SMILES string of the molecule is CC(C)(CC(N)=O)NC(=O)[C@@H]1CCCCN1. The lowest BCUT2D eigenvalue weighted by Gasteiger charge is -2.29. The first kappa shape index (κ1) is 13.0. The molecule has 1 heterocycles. The number of carbonyl (C=O) groups excluding carboxylic acids is 2. The van der Waals surface area contributed by atoms with Gasteiger partial charge in [0.25, 0.3) is 0 Å². The van der Waals surface area contributed by atoms with Crippen molar-refractivity contribution in [3.8, 4) is 0 Å². The molecule has 1 fully saturated rings. The fourth-order valence-corrected chi connectivity index (χ4v) is 1.98. The molecular weight excluding hydrogens is 206 g/mol. The summed E-state index contributed by atoms with van der Waals surface area (Å²) < 4.78 is 0. The summed E-state index contributed by atoms with van der Waals surface area (Å²) in [6.45, 7) is 4.49. The van der Waals surface area contributed by atoms with E-state index in [0.29, 0.717) is 0 Å². The minimum absolute atomic E-state index is 0.0362. The summed E-state index contributed by atoms with van der Waals surface area (Å²) in [5.41, 5.74) is 4.56. The Morgan fingerprint density at radius 3 is 2.62 bits per heavy atom. The molecule has 0 bridgehead atoms.